The van der Waals surface area contributed by atoms with Gasteiger partial charge < -0.3 is 5.11 Å². The van der Waals surface area contributed by atoms with Crippen molar-refractivity contribution in [3.8, 4) is 0 Å². The van der Waals surface area contributed by atoms with E-state index in [-0.39, 0.29) is 5.56 Å². The highest BCUT2D eigenvalue weighted by atomic mass is 19.4. The highest BCUT2D eigenvalue weighted by Gasteiger charge is 2.30. The van der Waals surface area contributed by atoms with E-state index in [1.165, 1.54) is 18.2 Å². The van der Waals surface area contributed by atoms with Gasteiger partial charge in [0.2, 0.25) is 0 Å². The molecule has 2 aromatic carbocycles. The summed E-state index contributed by atoms with van der Waals surface area (Å²) >= 11 is 0. The van der Waals surface area contributed by atoms with Crippen molar-refractivity contribution in [2.75, 3.05) is 0 Å². The van der Waals surface area contributed by atoms with E-state index < -0.39 is 23.7 Å². The van der Waals surface area contributed by atoms with Gasteiger partial charge in [-0.3, -0.25) is 0 Å². The monoisotopic (exact) mass is 284 g/mol. The molecule has 106 valence electrons. The van der Waals surface area contributed by atoms with Gasteiger partial charge in [-0.25, -0.2) is 4.39 Å². The van der Waals surface area contributed by atoms with Crippen molar-refractivity contribution in [3.05, 3.63) is 70.5 Å². The molecule has 0 saturated carbocycles. The minimum Gasteiger partial charge on any atom is -0.384 e. The molecule has 0 radical (unpaired) electrons. The Kier molecular flexibility index (Phi) is 3.81. The van der Waals surface area contributed by atoms with Crippen molar-refractivity contribution in [1.82, 2.24) is 0 Å². The Morgan fingerprint density at radius 3 is 2.05 bits per heavy atom. The van der Waals surface area contributed by atoms with Crippen LogP contribution in [0.2, 0.25) is 0 Å². The topological polar surface area (TPSA) is 20.2 Å². The van der Waals surface area contributed by atoms with E-state index in [9.17, 15) is 22.7 Å². The second-order valence-electron chi connectivity index (χ2n) is 4.58. The fourth-order valence-electron chi connectivity index (χ4n) is 1.97. The van der Waals surface area contributed by atoms with E-state index in [1.807, 2.05) is 0 Å². The molecule has 0 aliphatic rings. The zero-order valence-electron chi connectivity index (χ0n) is 10.6. The number of aliphatic hydroxyl groups excluding tert-OH is 1. The summed E-state index contributed by atoms with van der Waals surface area (Å²) in [6.07, 6.45) is -5.58. The van der Waals surface area contributed by atoms with E-state index in [1.54, 1.807) is 13.0 Å². The third-order valence-electron chi connectivity index (χ3n) is 2.93. The fourth-order valence-corrected chi connectivity index (χ4v) is 1.97. The summed E-state index contributed by atoms with van der Waals surface area (Å²) in [5.41, 5.74) is 0.431. The molecule has 2 aromatic rings. The van der Waals surface area contributed by atoms with Crippen LogP contribution in [0.3, 0.4) is 0 Å². The van der Waals surface area contributed by atoms with Crippen LogP contribution in [0.4, 0.5) is 17.6 Å². The molecule has 0 fully saturated rings. The molecule has 1 nitrogen and oxygen atoms in total. The van der Waals surface area contributed by atoms with E-state index in [2.05, 4.69) is 0 Å². The van der Waals surface area contributed by atoms with Gasteiger partial charge in [0.15, 0.2) is 0 Å². The van der Waals surface area contributed by atoms with Crippen LogP contribution in [-0.4, -0.2) is 5.11 Å². The number of hydrogen-bond acceptors (Lipinski definition) is 1. The molecule has 0 bridgehead atoms. The van der Waals surface area contributed by atoms with Crippen molar-refractivity contribution in [1.29, 1.82) is 0 Å². The van der Waals surface area contributed by atoms with Crippen LogP contribution in [-0.2, 0) is 6.18 Å². The molecular formula is C15H12F4O. The number of rotatable bonds is 2. The van der Waals surface area contributed by atoms with E-state index in [4.69, 9.17) is 0 Å². The fraction of sp³-hybridized carbons (Fsp3) is 0.200. The predicted molar refractivity (Wildman–Crippen MR) is 66.6 cm³/mol. The van der Waals surface area contributed by atoms with Gasteiger partial charge in [-0.15, -0.1) is 0 Å². The highest BCUT2D eigenvalue weighted by molar-refractivity contribution is 5.34. The molecule has 1 N–H and O–H groups in total. The van der Waals surface area contributed by atoms with E-state index in [0.717, 1.165) is 18.2 Å². The predicted octanol–water partition coefficient (Wildman–Crippen LogP) is 4.23. The number of aliphatic hydroxyl groups is 1. The van der Waals surface area contributed by atoms with Crippen molar-refractivity contribution in [2.45, 2.75) is 19.2 Å². The summed E-state index contributed by atoms with van der Waals surface area (Å²) in [5, 5.41) is 10.1. The third-order valence-corrected chi connectivity index (χ3v) is 2.93. The standard InChI is InChI=1S/C15H12F4O/c1-9-6-11(8-13(16)7-9)14(20)10-2-4-12(5-3-10)15(17,18)19/h2-8,14,20H,1H3. The van der Waals surface area contributed by atoms with Crippen molar-refractivity contribution < 1.29 is 22.7 Å². The van der Waals surface area contributed by atoms with Gasteiger partial charge in [0.25, 0.3) is 0 Å². The number of hydrogen-bond donors (Lipinski definition) is 1. The van der Waals surface area contributed by atoms with E-state index >= 15 is 0 Å². The van der Waals surface area contributed by atoms with Crippen LogP contribution >= 0.6 is 0 Å². The normalized spacial score (nSPS) is 13.3. The summed E-state index contributed by atoms with van der Waals surface area (Å²) < 4.78 is 50.6. The summed E-state index contributed by atoms with van der Waals surface area (Å²) in [6.45, 7) is 1.67. The quantitative estimate of drug-likeness (QED) is 0.818. The Bertz CT molecular complexity index is 582. The zero-order chi connectivity index (χ0) is 14.9. The second-order valence-corrected chi connectivity index (χ2v) is 4.58. The molecule has 0 amide bonds. The Hall–Kier alpha value is -1.88. The first kappa shape index (κ1) is 14.5. The second kappa shape index (κ2) is 5.25. The average molecular weight is 284 g/mol. The molecule has 20 heavy (non-hydrogen) atoms. The first-order chi connectivity index (χ1) is 9.27. The molecule has 0 aliphatic carbocycles. The molecule has 2 rings (SSSR count). The van der Waals surface area contributed by atoms with Crippen LogP contribution in [0.5, 0.6) is 0 Å². The van der Waals surface area contributed by atoms with Gasteiger partial charge in [0.05, 0.1) is 5.56 Å². The zero-order valence-corrected chi connectivity index (χ0v) is 10.6. The van der Waals surface area contributed by atoms with Gasteiger partial charge >= 0.3 is 6.18 Å². The third kappa shape index (κ3) is 3.17. The molecule has 1 atom stereocenters. The summed E-state index contributed by atoms with van der Waals surface area (Å²) in [5.74, 6) is -0.494. The maximum atomic E-state index is 13.3. The number of halogens is 4. The SMILES string of the molecule is Cc1cc(F)cc(C(O)c2ccc(C(F)(F)F)cc2)c1. The summed E-state index contributed by atoms with van der Waals surface area (Å²) in [7, 11) is 0. The Balaban J connectivity index is 2.31. The molecule has 0 spiro atoms. The lowest BCUT2D eigenvalue weighted by Crippen LogP contribution is -2.06. The number of alkyl halides is 3. The van der Waals surface area contributed by atoms with E-state index in [0.29, 0.717) is 11.1 Å². The molecule has 1 unspecified atom stereocenters. The minimum absolute atomic E-state index is 0.281. The molecular weight excluding hydrogens is 272 g/mol. The van der Waals surface area contributed by atoms with Crippen molar-refractivity contribution in [2.24, 2.45) is 0 Å². The minimum atomic E-state index is -4.42. The smallest absolute Gasteiger partial charge is 0.384 e. The Morgan fingerprint density at radius 2 is 1.55 bits per heavy atom. The highest BCUT2D eigenvalue weighted by Crippen LogP contribution is 2.31. The van der Waals surface area contributed by atoms with Gasteiger partial charge in [-0.2, -0.15) is 13.2 Å². The van der Waals surface area contributed by atoms with Crippen LogP contribution in [0.15, 0.2) is 42.5 Å². The molecule has 0 heterocycles. The van der Waals surface area contributed by atoms with Gasteiger partial charge in [0, 0.05) is 0 Å². The van der Waals surface area contributed by atoms with Crippen LogP contribution in [0.25, 0.3) is 0 Å². The van der Waals surface area contributed by atoms with Crippen LogP contribution < -0.4 is 0 Å². The molecule has 0 saturated heterocycles. The largest absolute Gasteiger partial charge is 0.416 e. The first-order valence-corrected chi connectivity index (χ1v) is 5.89. The lowest BCUT2D eigenvalue weighted by Gasteiger charge is -2.14. The van der Waals surface area contributed by atoms with Crippen LogP contribution in [0.1, 0.15) is 28.4 Å². The molecule has 5 heteroatoms. The van der Waals surface area contributed by atoms with Crippen molar-refractivity contribution in [3.63, 3.8) is 0 Å². The number of aryl methyl sites for hydroxylation is 1. The molecule has 0 aliphatic heterocycles. The Labute approximate surface area is 113 Å². The van der Waals surface area contributed by atoms with Crippen LogP contribution in [0, 0.1) is 12.7 Å². The van der Waals surface area contributed by atoms with Gasteiger partial charge in [-0.1, -0.05) is 18.2 Å². The maximum Gasteiger partial charge on any atom is 0.416 e. The lowest BCUT2D eigenvalue weighted by atomic mass is 9.99. The lowest BCUT2D eigenvalue weighted by molar-refractivity contribution is -0.137. The first-order valence-electron chi connectivity index (χ1n) is 5.89. The summed E-state index contributed by atoms with van der Waals surface area (Å²) in [4.78, 5) is 0. The summed E-state index contributed by atoms with van der Waals surface area (Å²) in [6, 6.07) is 8.22. The average Bonchev–Trinajstić information content (AvgIpc) is 2.36. The molecule has 0 aromatic heterocycles. The number of benzene rings is 2. The van der Waals surface area contributed by atoms with Crippen molar-refractivity contribution >= 4 is 0 Å². The van der Waals surface area contributed by atoms with Gasteiger partial charge in [-0.05, 0) is 47.9 Å². The Morgan fingerprint density at radius 1 is 0.950 bits per heavy atom. The van der Waals surface area contributed by atoms with Gasteiger partial charge in [0.1, 0.15) is 11.9 Å². The maximum absolute atomic E-state index is 13.3.